The average Bonchev–Trinajstić information content (AvgIpc) is 2.72. The number of rotatable bonds is 1. The summed E-state index contributed by atoms with van der Waals surface area (Å²) >= 11 is 0. The Bertz CT molecular complexity index is 490. The second-order valence-corrected chi connectivity index (χ2v) is 4.74. The van der Waals surface area contributed by atoms with E-state index in [2.05, 4.69) is 5.32 Å². The van der Waals surface area contributed by atoms with Crippen LogP contribution in [0.3, 0.4) is 0 Å². The molecule has 5 nitrogen and oxygen atoms in total. The third-order valence-corrected chi connectivity index (χ3v) is 3.83. The molecule has 0 amide bonds. The van der Waals surface area contributed by atoms with Crippen molar-refractivity contribution >= 4 is 11.7 Å². The van der Waals surface area contributed by atoms with Gasteiger partial charge in [-0.3, -0.25) is 9.69 Å². The quantitative estimate of drug-likeness (QED) is 0.656. The number of nitrogens with zero attached hydrogens (tertiary/aromatic N) is 1. The molecule has 0 aliphatic carbocycles. The second kappa shape index (κ2) is 3.21. The van der Waals surface area contributed by atoms with Crippen molar-refractivity contribution in [1.29, 1.82) is 0 Å². The maximum Gasteiger partial charge on any atom is 0.321 e. The first-order chi connectivity index (χ1) is 8.04. The third-order valence-electron chi connectivity index (χ3n) is 3.83. The highest BCUT2D eigenvalue weighted by Crippen LogP contribution is 2.48. The van der Waals surface area contributed by atoms with Crippen LogP contribution in [0, 0.1) is 0 Å². The number of hydrogen-bond acceptors (Lipinski definition) is 4. The number of likely N-dealkylation sites (N-methyl/N-ethyl adjacent to an activating group) is 1. The van der Waals surface area contributed by atoms with Crippen LogP contribution in [0.4, 0.5) is 5.69 Å². The van der Waals surface area contributed by atoms with Gasteiger partial charge >= 0.3 is 5.97 Å². The number of fused-ring (bicyclic) bond motifs is 3. The highest BCUT2D eigenvalue weighted by molar-refractivity contribution is 5.76. The Morgan fingerprint density at radius 2 is 2.24 bits per heavy atom. The molecular weight excluding hydrogens is 220 g/mol. The average molecular weight is 234 g/mol. The topological polar surface area (TPSA) is 72.8 Å². The van der Waals surface area contributed by atoms with E-state index < -0.39 is 17.6 Å². The largest absolute Gasteiger partial charge is 0.480 e. The minimum atomic E-state index is -1.10. The lowest BCUT2D eigenvalue weighted by molar-refractivity contribution is -0.142. The van der Waals surface area contributed by atoms with Gasteiger partial charge in [0.2, 0.25) is 0 Å². The van der Waals surface area contributed by atoms with E-state index in [-0.39, 0.29) is 12.6 Å². The molecule has 1 aromatic carbocycles. The molecular formula is C12H14N2O3. The van der Waals surface area contributed by atoms with Gasteiger partial charge < -0.3 is 15.5 Å². The number of carboxylic acids is 1. The molecule has 0 saturated carbocycles. The molecule has 17 heavy (non-hydrogen) atoms. The molecule has 1 aromatic rings. The molecule has 1 fully saturated rings. The number of para-hydroxylation sites is 1. The number of carbonyl (C=O) groups is 1. The fourth-order valence-electron chi connectivity index (χ4n) is 2.94. The summed E-state index contributed by atoms with van der Waals surface area (Å²) in [5.74, 6) is -0.894. The number of hydrogen-bond donors (Lipinski definition) is 3. The summed E-state index contributed by atoms with van der Waals surface area (Å²) in [5.41, 5.74) is 0.574. The van der Waals surface area contributed by atoms with Gasteiger partial charge in [0, 0.05) is 17.7 Å². The smallest absolute Gasteiger partial charge is 0.321 e. The SMILES string of the molecule is CN1C(C(=O)O)CC2(O)c3ccccc3NC12. The lowest BCUT2D eigenvalue weighted by Crippen LogP contribution is -2.44. The van der Waals surface area contributed by atoms with Crippen molar-refractivity contribution in [2.45, 2.75) is 24.2 Å². The lowest BCUT2D eigenvalue weighted by atomic mass is 9.91. The first kappa shape index (κ1) is 10.6. The molecule has 0 bridgehead atoms. The van der Waals surface area contributed by atoms with E-state index in [4.69, 9.17) is 5.11 Å². The normalized spacial score (nSPS) is 35.2. The molecule has 90 valence electrons. The van der Waals surface area contributed by atoms with Crippen molar-refractivity contribution in [3.63, 3.8) is 0 Å². The van der Waals surface area contributed by atoms with Crippen LogP contribution in [0.15, 0.2) is 24.3 Å². The van der Waals surface area contributed by atoms with Gasteiger partial charge in [0.05, 0.1) is 0 Å². The van der Waals surface area contributed by atoms with Gasteiger partial charge in [-0.05, 0) is 13.1 Å². The summed E-state index contributed by atoms with van der Waals surface area (Å²) in [7, 11) is 1.72. The number of likely N-dealkylation sites (tertiary alicyclic amines) is 1. The number of carboxylic acid groups (broad SMARTS) is 1. The number of benzene rings is 1. The third kappa shape index (κ3) is 1.23. The van der Waals surface area contributed by atoms with Gasteiger partial charge in [-0.25, -0.2) is 0 Å². The predicted octanol–water partition coefficient (Wildman–Crippen LogP) is 0.414. The Morgan fingerprint density at radius 3 is 2.94 bits per heavy atom. The van der Waals surface area contributed by atoms with Crippen LogP contribution < -0.4 is 5.32 Å². The molecule has 2 aliphatic rings. The fourth-order valence-corrected chi connectivity index (χ4v) is 2.94. The van der Waals surface area contributed by atoms with Crippen molar-refractivity contribution < 1.29 is 15.0 Å². The van der Waals surface area contributed by atoms with Crippen LogP contribution in [0.1, 0.15) is 12.0 Å². The van der Waals surface area contributed by atoms with Crippen LogP contribution in [0.2, 0.25) is 0 Å². The van der Waals surface area contributed by atoms with E-state index in [0.29, 0.717) is 0 Å². The molecule has 3 unspecified atom stereocenters. The summed E-state index contributed by atoms with van der Waals surface area (Å²) in [6.45, 7) is 0. The van der Waals surface area contributed by atoms with Crippen molar-refractivity contribution in [3.05, 3.63) is 29.8 Å². The molecule has 0 radical (unpaired) electrons. The van der Waals surface area contributed by atoms with Crippen LogP contribution in [-0.4, -0.2) is 40.3 Å². The number of aliphatic hydroxyl groups is 1. The van der Waals surface area contributed by atoms with Crippen molar-refractivity contribution in [2.24, 2.45) is 0 Å². The molecule has 0 aromatic heterocycles. The molecule has 5 heteroatoms. The highest BCUT2D eigenvalue weighted by atomic mass is 16.4. The first-order valence-corrected chi connectivity index (χ1v) is 5.57. The fraction of sp³-hybridized carbons (Fsp3) is 0.417. The van der Waals surface area contributed by atoms with Crippen LogP contribution >= 0.6 is 0 Å². The minimum absolute atomic E-state index is 0.216. The van der Waals surface area contributed by atoms with Gasteiger partial charge in [0.25, 0.3) is 0 Å². The van der Waals surface area contributed by atoms with Gasteiger partial charge in [-0.2, -0.15) is 0 Å². The zero-order chi connectivity index (χ0) is 12.2. The molecule has 2 aliphatic heterocycles. The van der Waals surface area contributed by atoms with Crippen LogP contribution in [-0.2, 0) is 10.4 Å². The van der Waals surface area contributed by atoms with E-state index >= 15 is 0 Å². The van der Waals surface area contributed by atoms with E-state index in [1.807, 2.05) is 24.3 Å². The van der Waals surface area contributed by atoms with E-state index in [1.165, 1.54) is 0 Å². The first-order valence-electron chi connectivity index (χ1n) is 5.57. The molecule has 1 saturated heterocycles. The van der Waals surface area contributed by atoms with E-state index in [0.717, 1.165) is 11.3 Å². The van der Waals surface area contributed by atoms with Crippen LogP contribution in [0.25, 0.3) is 0 Å². The molecule has 2 heterocycles. The minimum Gasteiger partial charge on any atom is -0.480 e. The standard InChI is InChI=1S/C12H14N2O3/c1-14-9(10(15)16)6-12(17)7-4-2-3-5-8(7)13-11(12)14/h2-5,9,11,13,17H,6H2,1H3,(H,15,16). The summed E-state index contributed by atoms with van der Waals surface area (Å²) in [6.07, 6.45) is -0.144. The predicted molar refractivity (Wildman–Crippen MR) is 61.6 cm³/mol. The van der Waals surface area contributed by atoms with Gasteiger partial charge in [0.15, 0.2) is 0 Å². The summed E-state index contributed by atoms with van der Waals surface area (Å²) < 4.78 is 0. The van der Waals surface area contributed by atoms with Crippen LogP contribution in [0.5, 0.6) is 0 Å². The Labute approximate surface area is 98.7 Å². The van der Waals surface area contributed by atoms with Crippen molar-refractivity contribution in [3.8, 4) is 0 Å². The van der Waals surface area contributed by atoms with Gasteiger partial charge in [0.1, 0.15) is 17.8 Å². The van der Waals surface area contributed by atoms with Crippen molar-refractivity contribution in [1.82, 2.24) is 4.90 Å². The second-order valence-electron chi connectivity index (χ2n) is 4.74. The summed E-state index contributed by atoms with van der Waals surface area (Å²) in [4.78, 5) is 12.8. The summed E-state index contributed by atoms with van der Waals surface area (Å²) in [5, 5.41) is 23.0. The van der Waals surface area contributed by atoms with E-state index in [1.54, 1.807) is 11.9 Å². The molecule has 3 N–H and O–H groups in total. The molecule has 3 atom stereocenters. The Morgan fingerprint density at radius 1 is 1.53 bits per heavy atom. The zero-order valence-corrected chi connectivity index (χ0v) is 9.42. The summed E-state index contributed by atoms with van der Waals surface area (Å²) in [6, 6.07) is 6.85. The monoisotopic (exact) mass is 234 g/mol. The van der Waals surface area contributed by atoms with Gasteiger partial charge in [-0.1, -0.05) is 18.2 Å². The zero-order valence-electron chi connectivity index (χ0n) is 9.42. The number of nitrogens with one attached hydrogen (secondary N) is 1. The Hall–Kier alpha value is -1.59. The maximum absolute atomic E-state index is 11.1. The highest BCUT2D eigenvalue weighted by Gasteiger charge is 2.57. The number of anilines is 1. The Kier molecular flexibility index (Phi) is 1.99. The Balaban J connectivity index is 2.06. The van der Waals surface area contributed by atoms with Gasteiger partial charge in [-0.15, -0.1) is 0 Å². The number of aliphatic carboxylic acids is 1. The molecule has 3 rings (SSSR count). The maximum atomic E-state index is 11.1. The molecule has 0 spiro atoms. The lowest BCUT2D eigenvalue weighted by Gasteiger charge is -2.25. The van der Waals surface area contributed by atoms with E-state index in [9.17, 15) is 9.90 Å². The van der Waals surface area contributed by atoms with Crippen molar-refractivity contribution in [2.75, 3.05) is 12.4 Å².